The van der Waals surface area contributed by atoms with Crippen LogP contribution in [0, 0.1) is 0 Å². The molecule has 1 saturated heterocycles. The van der Waals surface area contributed by atoms with E-state index >= 15 is 0 Å². The van der Waals surface area contributed by atoms with Crippen LogP contribution < -0.4 is 11.1 Å². The molecule has 0 spiro atoms. The Hall–Kier alpha value is -3.15. The number of aromatic nitrogens is 6. The third-order valence-corrected chi connectivity index (χ3v) is 7.48. The van der Waals surface area contributed by atoms with E-state index in [1.165, 1.54) is 46.3 Å². The zero-order valence-corrected chi connectivity index (χ0v) is 21.7. The number of carboxylic acids is 1. The highest BCUT2D eigenvalue weighted by Crippen LogP contribution is 2.41. The van der Waals surface area contributed by atoms with Crippen molar-refractivity contribution in [3.8, 4) is 0 Å². The molecule has 0 radical (unpaired) electrons. The standard InChI is InChI=1S/C17H17ClN10O5S2.ClH/c1-27-17(23-25-26-27)35-5-6-4-34-14-10(13(30)28(14)11(6)15(31)32)22-12(29)9(24-33-2)7-3-8(18)21-16(19)20-7;/h3,10,14H,4-5H2,1-2H3,(H,22,29)(H,31,32)(H2,19,20,21);1H/t10?,14-;/m0./s1. The molecule has 2 aromatic rings. The number of fused-ring (bicyclic) bond motifs is 1. The van der Waals surface area contributed by atoms with Crippen LogP contribution >= 0.6 is 47.5 Å². The van der Waals surface area contributed by atoms with Crippen LogP contribution in [-0.4, -0.2) is 93.7 Å². The molecule has 2 atom stereocenters. The van der Waals surface area contributed by atoms with Crippen LogP contribution in [0.1, 0.15) is 5.69 Å². The number of hydrogen-bond acceptors (Lipinski definition) is 13. The quantitative estimate of drug-likeness (QED) is 0.120. The molecule has 1 unspecified atom stereocenters. The number of anilines is 1. The summed E-state index contributed by atoms with van der Waals surface area (Å²) in [6, 6.07) is 0.275. The van der Waals surface area contributed by atoms with Crippen LogP contribution in [0.25, 0.3) is 0 Å². The van der Waals surface area contributed by atoms with Crippen LogP contribution in [0.3, 0.4) is 0 Å². The van der Waals surface area contributed by atoms with Crippen molar-refractivity contribution in [3.63, 3.8) is 0 Å². The predicted octanol–water partition coefficient (Wildman–Crippen LogP) is -0.461. The van der Waals surface area contributed by atoms with E-state index in [9.17, 15) is 19.5 Å². The van der Waals surface area contributed by atoms with Gasteiger partial charge in [0.05, 0.1) is 0 Å². The maximum absolute atomic E-state index is 12.9. The molecule has 15 nitrogen and oxygen atoms in total. The first-order valence-electron chi connectivity index (χ1n) is 9.68. The molecule has 0 aromatic carbocycles. The number of aryl methyl sites for hydroxylation is 1. The lowest BCUT2D eigenvalue weighted by molar-refractivity contribution is -0.150. The van der Waals surface area contributed by atoms with E-state index in [0.29, 0.717) is 16.5 Å². The van der Waals surface area contributed by atoms with Crippen molar-refractivity contribution in [1.29, 1.82) is 0 Å². The van der Waals surface area contributed by atoms with Crippen LogP contribution in [0.4, 0.5) is 5.95 Å². The van der Waals surface area contributed by atoms with Gasteiger partial charge in [-0.15, -0.1) is 29.3 Å². The van der Waals surface area contributed by atoms with Gasteiger partial charge in [0.2, 0.25) is 11.1 Å². The van der Waals surface area contributed by atoms with Gasteiger partial charge in [0, 0.05) is 24.6 Å². The molecule has 1 fully saturated rings. The first-order valence-corrected chi connectivity index (χ1v) is 12.1. The Balaban J connectivity index is 0.00000361. The molecule has 4 heterocycles. The van der Waals surface area contributed by atoms with E-state index in [-0.39, 0.29) is 46.4 Å². The summed E-state index contributed by atoms with van der Waals surface area (Å²) in [7, 11) is 2.89. The maximum Gasteiger partial charge on any atom is 0.352 e. The van der Waals surface area contributed by atoms with Crippen molar-refractivity contribution in [1.82, 2.24) is 40.4 Å². The Morgan fingerprint density at radius 3 is 2.81 bits per heavy atom. The molecule has 2 amide bonds. The molecule has 19 heteroatoms. The number of halogens is 2. The van der Waals surface area contributed by atoms with E-state index in [1.807, 2.05) is 0 Å². The number of hydrogen-bond donors (Lipinski definition) is 3. The van der Waals surface area contributed by atoms with Gasteiger partial charge >= 0.3 is 5.97 Å². The number of aliphatic carboxylic acids is 1. The third kappa shape index (κ3) is 5.32. The highest BCUT2D eigenvalue weighted by molar-refractivity contribution is 8.01. The summed E-state index contributed by atoms with van der Waals surface area (Å²) < 4.78 is 1.46. The number of nitrogens with zero attached hydrogens (tertiary/aromatic N) is 8. The normalized spacial score (nSPS) is 19.2. The highest BCUT2D eigenvalue weighted by Gasteiger charge is 2.54. The average Bonchev–Trinajstić information content (AvgIpc) is 3.22. The van der Waals surface area contributed by atoms with Crippen molar-refractivity contribution in [3.05, 3.63) is 28.2 Å². The van der Waals surface area contributed by atoms with Crippen LogP contribution in [0.2, 0.25) is 5.15 Å². The lowest BCUT2D eigenvalue weighted by Crippen LogP contribution is -2.71. The molecule has 4 rings (SSSR count). The van der Waals surface area contributed by atoms with Crippen LogP contribution in [0.5, 0.6) is 0 Å². The zero-order valence-electron chi connectivity index (χ0n) is 18.5. The first kappa shape index (κ1) is 27.4. The number of nitrogens with one attached hydrogen (secondary N) is 1. The number of carbonyl (C=O) groups is 3. The van der Waals surface area contributed by atoms with Gasteiger partial charge in [-0.25, -0.2) is 19.4 Å². The van der Waals surface area contributed by atoms with Gasteiger partial charge < -0.3 is 21.0 Å². The number of β-lactam (4-membered cyclic amide) rings is 1. The van der Waals surface area contributed by atoms with Gasteiger partial charge in [0.1, 0.15) is 35.1 Å². The van der Waals surface area contributed by atoms with Crippen molar-refractivity contribution in [2.45, 2.75) is 16.6 Å². The van der Waals surface area contributed by atoms with Crippen LogP contribution in [-0.2, 0) is 26.3 Å². The van der Waals surface area contributed by atoms with Crippen molar-refractivity contribution >= 4 is 77.0 Å². The summed E-state index contributed by atoms with van der Waals surface area (Å²) in [6.07, 6.45) is 0. The summed E-state index contributed by atoms with van der Waals surface area (Å²) in [5, 5.41) is 27.1. The second kappa shape index (κ2) is 11.3. The molecular weight excluding hydrogens is 559 g/mol. The Morgan fingerprint density at radius 1 is 1.44 bits per heavy atom. The Morgan fingerprint density at radius 2 is 2.19 bits per heavy atom. The fourth-order valence-corrected chi connectivity index (χ4v) is 5.88. The fourth-order valence-electron chi connectivity index (χ4n) is 3.35. The van der Waals surface area contributed by atoms with Crippen molar-refractivity contribution in [2.24, 2.45) is 12.2 Å². The van der Waals surface area contributed by atoms with Gasteiger partial charge in [0.15, 0.2) is 5.71 Å². The first-order chi connectivity index (χ1) is 16.7. The lowest BCUT2D eigenvalue weighted by Gasteiger charge is -2.49. The number of tetrazole rings is 1. The summed E-state index contributed by atoms with van der Waals surface area (Å²) in [5.41, 5.74) is 5.72. The minimum Gasteiger partial charge on any atom is -0.477 e. The molecule has 192 valence electrons. The summed E-state index contributed by atoms with van der Waals surface area (Å²) in [6.45, 7) is 0. The summed E-state index contributed by atoms with van der Waals surface area (Å²) in [5.74, 6) is -2.18. The highest BCUT2D eigenvalue weighted by atomic mass is 35.5. The molecule has 0 aliphatic carbocycles. The molecule has 4 N–H and O–H groups in total. The molecule has 0 saturated carbocycles. The molecule has 2 aromatic heterocycles. The van der Waals surface area contributed by atoms with E-state index in [0.717, 1.165) is 0 Å². The number of nitrogens with two attached hydrogens (primary N) is 1. The van der Waals surface area contributed by atoms with Crippen LogP contribution in [0.15, 0.2) is 27.6 Å². The predicted molar refractivity (Wildman–Crippen MR) is 131 cm³/mol. The number of oxime groups is 1. The second-order valence-corrected chi connectivity index (χ2v) is 9.48. The molecule has 2 aliphatic heterocycles. The largest absolute Gasteiger partial charge is 0.477 e. The molecule has 0 bridgehead atoms. The van der Waals surface area contributed by atoms with Gasteiger partial charge in [0.25, 0.3) is 11.8 Å². The number of thioether (sulfide) groups is 2. The average molecular weight is 577 g/mol. The molecule has 36 heavy (non-hydrogen) atoms. The lowest BCUT2D eigenvalue weighted by atomic mass is 10.0. The second-order valence-electron chi connectivity index (χ2n) is 7.05. The topological polar surface area (TPSA) is 204 Å². The van der Waals surface area contributed by atoms with E-state index in [4.69, 9.17) is 22.2 Å². The van der Waals surface area contributed by atoms with Gasteiger partial charge in [-0.2, -0.15) is 0 Å². The third-order valence-electron chi connectivity index (χ3n) is 4.85. The SMILES string of the molecule is CON=C(C(=O)NC1C(=O)N2C(C(=O)O)=C(CSc3nnnn3C)CS[C@@H]12)c1cc(Cl)nc(N)n1.Cl. The smallest absolute Gasteiger partial charge is 0.352 e. The summed E-state index contributed by atoms with van der Waals surface area (Å²) >= 11 is 8.46. The minimum atomic E-state index is -1.24. The minimum absolute atomic E-state index is 0. The Bertz CT molecular complexity index is 1250. The van der Waals surface area contributed by atoms with Crippen molar-refractivity contribution in [2.75, 3.05) is 24.3 Å². The number of rotatable bonds is 8. The zero-order chi connectivity index (χ0) is 25.3. The van der Waals surface area contributed by atoms with E-state index < -0.39 is 29.2 Å². The summed E-state index contributed by atoms with van der Waals surface area (Å²) in [4.78, 5) is 51.4. The molecular formula is C17H18Cl2N10O5S2. The van der Waals surface area contributed by atoms with E-state index in [2.05, 4.69) is 36.0 Å². The van der Waals surface area contributed by atoms with Crippen molar-refractivity contribution < 1.29 is 24.3 Å². The van der Waals surface area contributed by atoms with Gasteiger partial charge in [-0.05, 0) is 16.0 Å². The van der Waals surface area contributed by atoms with Gasteiger partial charge in [-0.3, -0.25) is 14.5 Å². The molecule has 2 aliphatic rings. The number of carbonyl (C=O) groups excluding carboxylic acids is 2. The Kier molecular flexibility index (Phi) is 8.59. The van der Waals surface area contributed by atoms with Gasteiger partial charge in [-0.1, -0.05) is 28.5 Å². The number of amides is 2. The number of nitrogen functional groups attached to an aromatic ring is 1. The Labute approximate surface area is 222 Å². The number of carboxylic acid groups (broad SMARTS) is 1. The van der Waals surface area contributed by atoms with E-state index in [1.54, 1.807) is 7.05 Å². The maximum atomic E-state index is 12.9. The fraction of sp³-hybridized carbons (Fsp3) is 0.353. The monoisotopic (exact) mass is 576 g/mol.